The Kier molecular flexibility index (Phi) is 4.96. The van der Waals surface area contributed by atoms with E-state index in [0.717, 1.165) is 0 Å². The predicted octanol–water partition coefficient (Wildman–Crippen LogP) is 5.36. The van der Waals surface area contributed by atoms with Crippen molar-refractivity contribution in [3.8, 4) is 0 Å². The van der Waals surface area contributed by atoms with Crippen LogP contribution in [0.15, 0.2) is 103 Å². The number of nitrogens with one attached hydrogen (secondary N) is 1. The molecule has 114 valence electrons. The molecule has 0 saturated carbocycles. The lowest BCUT2D eigenvalue weighted by Gasteiger charge is -2.36. The minimum absolute atomic E-state index is 0.428. The molecule has 0 amide bonds. The summed E-state index contributed by atoms with van der Waals surface area (Å²) in [5, 5.41) is 1.82. The third-order valence-corrected chi connectivity index (χ3v) is 4.51. The smallest absolute Gasteiger partial charge is 0.104 e. The van der Waals surface area contributed by atoms with Crippen LogP contribution in [0.2, 0.25) is 0 Å². The van der Waals surface area contributed by atoms with Crippen LogP contribution in [0.25, 0.3) is 0 Å². The molecule has 1 N–H and O–H groups in total. The molecule has 0 aliphatic carbocycles. The van der Waals surface area contributed by atoms with Gasteiger partial charge in [0.2, 0.25) is 0 Å². The van der Waals surface area contributed by atoms with Gasteiger partial charge in [-0.15, -0.1) is 0 Å². The minimum Gasteiger partial charge on any atom is -0.241 e. The van der Waals surface area contributed by atoms with Gasteiger partial charge in [-0.3, -0.25) is 0 Å². The van der Waals surface area contributed by atoms with E-state index < -0.39 is 5.54 Å². The van der Waals surface area contributed by atoms with Crippen molar-refractivity contribution in [3.63, 3.8) is 0 Å². The zero-order chi connectivity index (χ0) is 16.0. The van der Waals surface area contributed by atoms with Crippen LogP contribution in [0.1, 0.15) is 16.7 Å². The average molecular weight is 317 g/mol. The fourth-order valence-corrected chi connectivity index (χ4v) is 3.48. The van der Waals surface area contributed by atoms with Gasteiger partial charge in [-0.05, 0) is 22.1 Å². The van der Waals surface area contributed by atoms with E-state index in [9.17, 15) is 0 Å². The summed E-state index contributed by atoms with van der Waals surface area (Å²) >= 11 is 1.51. The maximum absolute atomic E-state index is 3.85. The van der Waals surface area contributed by atoms with Gasteiger partial charge in [-0.2, -0.15) is 0 Å². The first-order valence-electron chi connectivity index (χ1n) is 7.58. The molecule has 3 aromatic carbocycles. The third kappa shape index (κ3) is 3.09. The van der Waals surface area contributed by atoms with Crippen molar-refractivity contribution in [2.24, 2.45) is 0 Å². The van der Waals surface area contributed by atoms with Gasteiger partial charge in [0.15, 0.2) is 0 Å². The highest BCUT2D eigenvalue weighted by molar-refractivity contribution is 8.00. The molecule has 0 atom stereocenters. The fourth-order valence-electron chi connectivity index (χ4n) is 2.87. The zero-order valence-electron chi connectivity index (χ0n) is 12.9. The molecule has 0 aromatic heterocycles. The van der Waals surface area contributed by atoms with E-state index in [1.54, 1.807) is 0 Å². The molecule has 23 heavy (non-hydrogen) atoms. The van der Waals surface area contributed by atoms with Gasteiger partial charge in [-0.25, -0.2) is 4.72 Å². The van der Waals surface area contributed by atoms with Crippen LogP contribution >= 0.6 is 11.9 Å². The van der Waals surface area contributed by atoms with E-state index in [4.69, 9.17) is 0 Å². The standard InChI is InChI=1S/C21H19NS/c1-2-23-22-21(18-12-6-3-7-13-18,19-14-8-4-9-15-19)20-16-10-5-11-17-20/h2-17,22H,1H2. The summed E-state index contributed by atoms with van der Waals surface area (Å²) in [6, 6.07) is 31.6. The van der Waals surface area contributed by atoms with E-state index in [1.165, 1.54) is 28.6 Å². The molecular weight excluding hydrogens is 298 g/mol. The Hall–Kier alpha value is -2.29. The Balaban J connectivity index is 2.27. The molecular formula is C21H19NS. The van der Waals surface area contributed by atoms with Gasteiger partial charge in [0.1, 0.15) is 5.54 Å². The third-order valence-electron chi connectivity index (χ3n) is 3.92. The summed E-state index contributed by atoms with van der Waals surface area (Å²) in [6.07, 6.45) is 0. The first-order chi connectivity index (χ1) is 11.4. The van der Waals surface area contributed by atoms with Crippen molar-refractivity contribution >= 4 is 11.9 Å². The Morgan fingerprint density at radius 3 is 1.30 bits per heavy atom. The van der Waals surface area contributed by atoms with Gasteiger partial charge >= 0.3 is 0 Å². The van der Waals surface area contributed by atoms with Crippen molar-refractivity contribution in [3.05, 3.63) is 120 Å². The molecule has 3 rings (SSSR count). The summed E-state index contributed by atoms with van der Waals surface area (Å²) < 4.78 is 3.63. The second-order valence-electron chi connectivity index (χ2n) is 5.23. The van der Waals surface area contributed by atoms with E-state index >= 15 is 0 Å². The van der Waals surface area contributed by atoms with E-state index in [0.29, 0.717) is 0 Å². The monoisotopic (exact) mass is 317 g/mol. The van der Waals surface area contributed by atoms with Crippen LogP contribution in [-0.4, -0.2) is 0 Å². The molecule has 0 unspecified atom stereocenters. The second kappa shape index (κ2) is 7.32. The summed E-state index contributed by atoms with van der Waals surface area (Å²) in [5.74, 6) is 0. The van der Waals surface area contributed by atoms with Crippen molar-refractivity contribution in [1.29, 1.82) is 0 Å². The maximum Gasteiger partial charge on any atom is 0.104 e. The lowest BCUT2D eigenvalue weighted by Crippen LogP contribution is -2.40. The molecule has 0 aliphatic heterocycles. The molecule has 0 fully saturated rings. The van der Waals surface area contributed by atoms with Crippen LogP contribution in [0.4, 0.5) is 0 Å². The molecule has 0 heterocycles. The lowest BCUT2D eigenvalue weighted by molar-refractivity contribution is 0.604. The van der Waals surface area contributed by atoms with Crippen molar-refractivity contribution < 1.29 is 0 Å². The topological polar surface area (TPSA) is 12.0 Å². The molecule has 0 bridgehead atoms. The quantitative estimate of drug-likeness (QED) is 0.485. The van der Waals surface area contributed by atoms with Gasteiger partial charge in [0.25, 0.3) is 0 Å². The van der Waals surface area contributed by atoms with Gasteiger partial charge in [-0.1, -0.05) is 110 Å². The van der Waals surface area contributed by atoms with Crippen molar-refractivity contribution in [2.75, 3.05) is 0 Å². The molecule has 2 heteroatoms. The van der Waals surface area contributed by atoms with Crippen LogP contribution in [0.3, 0.4) is 0 Å². The Morgan fingerprint density at radius 1 is 0.652 bits per heavy atom. The SMILES string of the molecule is C=CSNC(c1ccccc1)(c1ccccc1)c1ccccc1. The Bertz CT molecular complexity index is 642. The summed E-state index contributed by atoms with van der Waals surface area (Å²) in [5.41, 5.74) is 3.17. The Labute approximate surface area is 142 Å². The average Bonchev–Trinajstić information content (AvgIpc) is 2.65. The highest BCUT2D eigenvalue weighted by Gasteiger charge is 2.35. The second-order valence-corrected chi connectivity index (χ2v) is 6.01. The van der Waals surface area contributed by atoms with E-state index in [1.807, 2.05) is 23.6 Å². The predicted molar refractivity (Wildman–Crippen MR) is 100 cm³/mol. The summed E-state index contributed by atoms with van der Waals surface area (Å²) in [6.45, 7) is 3.85. The molecule has 1 nitrogen and oxygen atoms in total. The van der Waals surface area contributed by atoms with Gasteiger partial charge < -0.3 is 0 Å². The normalized spacial score (nSPS) is 11.1. The molecule has 3 aromatic rings. The van der Waals surface area contributed by atoms with Crippen LogP contribution in [0, 0.1) is 0 Å². The van der Waals surface area contributed by atoms with Crippen LogP contribution < -0.4 is 4.72 Å². The summed E-state index contributed by atoms with van der Waals surface area (Å²) in [4.78, 5) is 0. The molecule has 0 saturated heterocycles. The highest BCUT2D eigenvalue weighted by atomic mass is 32.2. The minimum atomic E-state index is -0.428. The maximum atomic E-state index is 3.85. The van der Waals surface area contributed by atoms with Crippen molar-refractivity contribution in [2.45, 2.75) is 5.54 Å². The number of hydrogen-bond donors (Lipinski definition) is 1. The Morgan fingerprint density at radius 2 is 1.00 bits per heavy atom. The number of rotatable bonds is 6. The van der Waals surface area contributed by atoms with Crippen LogP contribution in [0.5, 0.6) is 0 Å². The number of hydrogen-bond acceptors (Lipinski definition) is 2. The zero-order valence-corrected chi connectivity index (χ0v) is 13.7. The fraction of sp³-hybridized carbons (Fsp3) is 0.0476. The van der Waals surface area contributed by atoms with Gasteiger partial charge in [0, 0.05) is 0 Å². The molecule has 0 aliphatic rings. The van der Waals surface area contributed by atoms with Gasteiger partial charge in [0.05, 0.1) is 0 Å². The number of benzene rings is 3. The molecule has 0 spiro atoms. The first-order valence-corrected chi connectivity index (χ1v) is 8.46. The van der Waals surface area contributed by atoms with Crippen molar-refractivity contribution in [1.82, 2.24) is 4.72 Å². The molecule has 0 radical (unpaired) electrons. The van der Waals surface area contributed by atoms with Crippen LogP contribution in [-0.2, 0) is 5.54 Å². The van der Waals surface area contributed by atoms with E-state index in [-0.39, 0.29) is 0 Å². The first kappa shape index (κ1) is 15.6. The largest absolute Gasteiger partial charge is 0.241 e. The highest BCUT2D eigenvalue weighted by Crippen LogP contribution is 2.38. The lowest BCUT2D eigenvalue weighted by atomic mass is 9.78. The summed E-state index contributed by atoms with van der Waals surface area (Å²) in [7, 11) is 0. The van der Waals surface area contributed by atoms with E-state index in [2.05, 4.69) is 84.1 Å².